The molecule has 0 aromatic carbocycles. The summed E-state index contributed by atoms with van der Waals surface area (Å²) in [4.78, 5) is 37.0. The average Bonchev–Trinajstić information content (AvgIpc) is 3.20. The van der Waals surface area contributed by atoms with Crippen molar-refractivity contribution >= 4 is 17.7 Å². The Hall–Kier alpha value is -1.91. The molecule has 4 aliphatic carbocycles. The van der Waals surface area contributed by atoms with Gasteiger partial charge >= 0.3 is 11.9 Å². The maximum absolute atomic E-state index is 12.6. The highest BCUT2D eigenvalue weighted by Crippen LogP contribution is 2.69. The number of allylic oxidation sites excluding steroid dienone is 4. The molecule has 0 amide bonds. The standard InChI is InChI=1S/C25H32O5/c1-4-29-21(27)18-14-25(30-22(18)28)12-9-20-17-6-5-15-13-16(26)7-10-23(15,2)19(17)8-11-24(20,25)3/h5-6,13,17-20H,4,7-12,14H2,1-3H3/t17-,18?,19+,20+,23+,24+,25+/m1/s1. The molecule has 1 heterocycles. The monoisotopic (exact) mass is 412 g/mol. The fourth-order valence-corrected chi connectivity index (χ4v) is 7.73. The van der Waals surface area contributed by atoms with Gasteiger partial charge in [0.05, 0.1) is 6.61 Å². The normalized spacial score (nSPS) is 46.7. The van der Waals surface area contributed by atoms with E-state index in [1.807, 2.05) is 6.08 Å². The van der Waals surface area contributed by atoms with Crippen molar-refractivity contribution in [3.8, 4) is 0 Å². The molecule has 3 fully saturated rings. The van der Waals surface area contributed by atoms with E-state index >= 15 is 0 Å². The van der Waals surface area contributed by atoms with Crippen LogP contribution >= 0.6 is 0 Å². The fourth-order valence-electron chi connectivity index (χ4n) is 7.73. The number of ketones is 1. The number of carbonyl (C=O) groups is 3. The molecule has 162 valence electrons. The molecule has 0 N–H and O–H groups in total. The Morgan fingerprint density at radius 1 is 1.17 bits per heavy atom. The first kappa shape index (κ1) is 20.0. The Morgan fingerprint density at radius 2 is 1.93 bits per heavy atom. The first-order chi connectivity index (χ1) is 14.2. The number of ether oxygens (including phenoxy) is 2. The molecule has 1 spiro atoms. The smallest absolute Gasteiger partial charge is 0.321 e. The highest BCUT2D eigenvalue weighted by Gasteiger charge is 2.68. The number of rotatable bonds is 2. The Labute approximate surface area is 178 Å². The van der Waals surface area contributed by atoms with Gasteiger partial charge in [-0.25, -0.2) is 0 Å². The number of fused-ring (bicyclic) bond motifs is 6. The molecular weight excluding hydrogens is 380 g/mol. The predicted molar refractivity (Wildman–Crippen MR) is 110 cm³/mol. The molecule has 5 nitrogen and oxygen atoms in total. The van der Waals surface area contributed by atoms with Crippen LogP contribution in [0.1, 0.15) is 65.7 Å². The number of hydrogen-bond donors (Lipinski definition) is 0. The summed E-state index contributed by atoms with van der Waals surface area (Å²) in [5.41, 5.74) is 0.581. The van der Waals surface area contributed by atoms with Gasteiger partial charge in [0.15, 0.2) is 11.7 Å². The largest absolute Gasteiger partial charge is 0.465 e. The molecule has 0 radical (unpaired) electrons. The van der Waals surface area contributed by atoms with Crippen LogP contribution in [0.3, 0.4) is 0 Å². The highest BCUT2D eigenvalue weighted by atomic mass is 16.6. The Balaban J connectivity index is 1.46. The first-order valence-corrected chi connectivity index (χ1v) is 11.6. The third kappa shape index (κ3) is 2.50. The zero-order valence-electron chi connectivity index (χ0n) is 18.2. The van der Waals surface area contributed by atoms with Crippen LogP contribution < -0.4 is 0 Å². The minimum atomic E-state index is -0.781. The molecule has 7 atom stereocenters. The van der Waals surface area contributed by atoms with E-state index in [1.165, 1.54) is 5.57 Å². The average molecular weight is 413 g/mol. The topological polar surface area (TPSA) is 69.7 Å². The second kappa shape index (κ2) is 6.54. The van der Waals surface area contributed by atoms with E-state index in [-0.39, 0.29) is 23.2 Å². The van der Waals surface area contributed by atoms with E-state index in [9.17, 15) is 14.4 Å². The van der Waals surface area contributed by atoms with Crippen molar-refractivity contribution in [3.63, 3.8) is 0 Å². The van der Waals surface area contributed by atoms with Crippen molar-refractivity contribution in [2.75, 3.05) is 6.61 Å². The summed E-state index contributed by atoms with van der Waals surface area (Å²) >= 11 is 0. The van der Waals surface area contributed by atoms with Crippen molar-refractivity contribution in [2.24, 2.45) is 34.5 Å². The number of carbonyl (C=O) groups excluding carboxylic acids is 3. The van der Waals surface area contributed by atoms with Crippen LogP contribution in [-0.4, -0.2) is 29.9 Å². The van der Waals surface area contributed by atoms with Crippen LogP contribution in [0.5, 0.6) is 0 Å². The lowest BCUT2D eigenvalue weighted by molar-refractivity contribution is -0.167. The van der Waals surface area contributed by atoms with Crippen molar-refractivity contribution in [1.29, 1.82) is 0 Å². The van der Waals surface area contributed by atoms with Crippen LogP contribution in [-0.2, 0) is 23.9 Å². The Morgan fingerprint density at radius 3 is 2.70 bits per heavy atom. The molecule has 5 rings (SSSR count). The summed E-state index contributed by atoms with van der Waals surface area (Å²) in [6, 6.07) is 0. The number of hydrogen-bond acceptors (Lipinski definition) is 5. The summed E-state index contributed by atoms with van der Waals surface area (Å²) in [5, 5.41) is 0. The van der Waals surface area contributed by atoms with Gasteiger partial charge in [-0.15, -0.1) is 0 Å². The van der Waals surface area contributed by atoms with Gasteiger partial charge in [-0.05, 0) is 73.8 Å². The third-order valence-electron chi connectivity index (χ3n) is 9.49. The van der Waals surface area contributed by atoms with Crippen molar-refractivity contribution < 1.29 is 23.9 Å². The first-order valence-electron chi connectivity index (χ1n) is 11.6. The molecule has 1 saturated heterocycles. The van der Waals surface area contributed by atoms with Gasteiger partial charge in [0.2, 0.25) is 0 Å². The van der Waals surface area contributed by atoms with Crippen molar-refractivity contribution in [2.45, 2.75) is 71.3 Å². The zero-order chi connectivity index (χ0) is 21.3. The molecule has 0 aromatic heterocycles. The van der Waals surface area contributed by atoms with Crippen LogP contribution in [0.15, 0.2) is 23.8 Å². The molecular formula is C25H32O5. The van der Waals surface area contributed by atoms with Crippen molar-refractivity contribution in [3.05, 3.63) is 23.8 Å². The second-order valence-electron chi connectivity index (χ2n) is 10.6. The SMILES string of the molecule is CCOC(=O)C1C[C@]2(CC[C@H]3[C@@H]4C=CC5=CC(=O)CC[C@]5(C)[C@H]4CC[C@@]32C)OC1=O. The van der Waals surface area contributed by atoms with E-state index < -0.39 is 23.5 Å². The van der Waals surface area contributed by atoms with Crippen LogP contribution in [0.2, 0.25) is 0 Å². The second-order valence-corrected chi connectivity index (χ2v) is 10.6. The summed E-state index contributed by atoms with van der Waals surface area (Å²) in [7, 11) is 0. The lowest BCUT2D eigenvalue weighted by atomic mass is 9.48. The molecule has 1 unspecified atom stereocenters. The molecule has 30 heavy (non-hydrogen) atoms. The Kier molecular flexibility index (Phi) is 4.37. The lowest BCUT2D eigenvalue weighted by Gasteiger charge is -2.57. The molecule has 0 aromatic rings. The van der Waals surface area contributed by atoms with Gasteiger partial charge in [0.1, 0.15) is 5.60 Å². The molecule has 0 bridgehead atoms. The summed E-state index contributed by atoms with van der Waals surface area (Å²) in [6.07, 6.45) is 12.3. The van der Waals surface area contributed by atoms with E-state index in [1.54, 1.807) is 6.92 Å². The minimum absolute atomic E-state index is 0.0598. The molecule has 1 aliphatic heterocycles. The summed E-state index contributed by atoms with van der Waals surface area (Å²) < 4.78 is 11.2. The van der Waals surface area contributed by atoms with E-state index in [0.717, 1.165) is 32.1 Å². The van der Waals surface area contributed by atoms with Gasteiger partial charge < -0.3 is 9.47 Å². The molecule has 5 heteroatoms. The molecule has 5 aliphatic rings. The fraction of sp³-hybridized carbons (Fsp3) is 0.720. The quantitative estimate of drug-likeness (QED) is 0.503. The van der Waals surface area contributed by atoms with Gasteiger partial charge in [-0.2, -0.15) is 0 Å². The Bertz CT molecular complexity index is 871. The zero-order valence-corrected chi connectivity index (χ0v) is 18.2. The van der Waals surface area contributed by atoms with E-state index in [2.05, 4.69) is 26.0 Å². The van der Waals surface area contributed by atoms with Crippen LogP contribution in [0.25, 0.3) is 0 Å². The van der Waals surface area contributed by atoms with Crippen molar-refractivity contribution in [1.82, 2.24) is 0 Å². The van der Waals surface area contributed by atoms with Gasteiger partial charge in [0.25, 0.3) is 0 Å². The lowest BCUT2D eigenvalue weighted by Crippen LogP contribution is -2.53. The third-order valence-corrected chi connectivity index (χ3v) is 9.49. The molecule has 2 saturated carbocycles. The summed E-state index contributed by atoms with van der Waals surface area (Å²) in [6.45, 7) is 6.67. The number of esters is 2. The highest BCUT2D eigenvalue weighted by molar-refractivity contribution is 5.96. The van der Waals surface area contributed by atoms with Gasteiger partial charge in [0, 0.05) is 18.3 Å². The van der Waals surface area contributed by atoms with Gasteiger partial charge in [-0.3, -0.25) is 14.4 Å². The van der Waals surface area contributed by atoms with E-state index in [4.69, 9.17) is 9.47 Å². The van der Waals surface area contributed by atoms with Gasteiger partial charge in [-0.1, -0.05) is 26.0 Å². The summed E-state index contributed by atoms with van der Waals surface area (Å²) in [5.74, 6) is 0.000947. The van der Waals surface area contributed by atoms with Crippen LogP contribution in [0.4, 0.5) is 0 Å². The predicted octanol–water partition coefficient (Wildman–Crippen LogP) is 4.16. The van der Waals surface area contributed by atoms with Crippen LogP contribution in [0, 0.1) is 34.5 Å². The maximum atomic E-state index is 12.6. The maximum Gasteiger partial charge on any atom is 0.321 e. The van der Waals surface area contributed by atoms with E-state index in [0.29, 0.717) is 30.6 Å². The minimum Gasteiger partial charge on any atom is -0.465 e.